The molecule has 1 aliphatic carbocycles. The third-order valence-corrected chi connectivity index (χ3v) is 6.30. The summed E-state index contributed by atoms with van der Waals surface area (Å²) in [4.78, 5) is 27.0. The van der Waals surface area contributed by atoms with Crippen molar-refractivity contribution in [3.05, 3.63) is 94.0 Å². The third-order valence-electron chi connectivity index (χ3n) is 6.30. The monoisotopic (exact) mass is 429 g/mol. The summed E-state index contributed by atoms with van der Waals surface area (Å²) in [7, 11) is 0. The maximum absolute atomic E-state index is 12.8. The zero-order valence-electron chi connectivity index (χ0n) is 17.5. The van der Waals surface area contributed by atoms with E-state index in [4.69, 9.17) is 4.74 Å². The van der Waals surface area contributed by atoms with Crippen LogP contribution in [0, 0.1) is 10.1 Å². The largest absolute Gasteiger partial charge is 0.448 e. The average Bonchev–Trinajstić information content (AvgIpc) is 3.16. The van der Waals surface area contributed by atoms with E-state index < -0.39 is 4.92 Å². The number of nitro groups is 1. The Morgan fingerprint density at radius 2 is 1.44 bits per heavy atom. The molecule has 0 saturated carbocycles. The van der Waals surface area contributed by atoms with E-state index in [0.29, 0.717) is 32.8 Å². The number of piperazine rings is 1. The fourth-order valence-corrected chi connectivity index (χ4v) is 4.62. The Morgan fingerprint density at radius 1 is 0.875 bits per heavy atom. The lowest BCUT2D eigenvalue weighted by atomic mass is 9.98. The molecule has 0 aromatic heterocycles. The van der Waals surface area contributed by atoms with Gasteiger partial charge in [-0.2, -0.15) is 0 Å². The van der Waals surface area contributed by atoms with E-state index in [-0.39, 0.29) is 17.7 Å². The molecular weight excluding hydrogens is 406 g/mol. The topological polar surface area (TPSA) is 75.9 Å². The van der Waals surface area contributed by atoms with Gasteiger partial charge in [0.15, 0.2) is 0 Å². The lowest BCUT2D eigenvalue weighted by molar-refractivity contribution is -0.384. The van der Waals surface area contributed by atoms with E-state index in [1.54, 1.807) is 17.0 Å². The number of nitro benzene ring substituents is 1. The van der Waals surface area contributed by atoms with Crippen molar-refractivity contribution in [2.24, 2.45) is 0 Å². The van der Waals surface area contributed by atoms with Crippen LogP contribution in [0.25, 0.3) is 11.1 Å². The first-order valence-corrected chi connectivity index (χ1v) is 10.7. The summed E-state index contributed by atoms with van der Waals surface area (Å²) < 4.78 is 5.76. The molecule has 0 radical (unpaired) electrons. The van der Waals surface area contributed by atoms with Crippen molar-refractivity contribution in [2.75, 3.05) is 37.7 Å². The number of carbonyl (C=O) groups excluding carboxylic acids is 1. The molecule has 1 fully saturated rings. The summed E-state index contributed by atoms with van der Waals surface area (Å²) in [5, 5.41) is 10.8. The van der Waals surface area contributed by atoms with Crippen molar-refractivity contribution in [3.63, 3.8) is 0 Å². The fourth-order valence-electron chi connectivity index (χ4n) is 4.62. The van der Waals surface area contributed by atoms with Crippen molar-refractivity contribution >= 4 is 17.5 Å². The van der Waals surface area contributed by atoms with Gasteiger partial charge in [-0.3, -0.25) is 10.1 Å². The Hall–Kier alpha value is -3.87. The van der Waals surface area contributed by atoms with E-state index in [1.807, 2.05) is 24.3 Å². The number of hydrogen-bond acceptors (Lipinski definition) is 5. The minimum Gasteiger partial charge on any atom is -0.448 e. The number of hydrogen-bond donors (Lipinski definition) is 0. The molecule has 3 aromatic carbocycles. The Bertz CT molecular complexity index is 1110. The third kappa shape index (κ3) is 3.66. The van der Waals surface area contributed by atoms with Gasteiger partial charge in [-0.15, -0.1) is 0 Å². The highest BCUT2D eigenvalue weighted by Crippen LogP contribution is 2.44. The maximum atomic E-state index is 12.8. The Balaban J connectivity index is 1.20. The molecule has 32 heavy (non-hydrogen) atoms. The van der Waals surface area contributed by atoms with Gasteiger partial charge in [-0.05, 0) is 34.4 Å². The van der Waals surface area contributed by atoms with Gasteiger partial charge in [0.2, 0.25) is 0 Å². The second-order valence-electron chi connectivity index (χ2n) is 8.05. The van der Waals surface area contributed by atoms with Crippen LogP contribution >= 0.6 is 0 Å². The van der Waals surface area contributed by atoms with Crippen LogP contribution in [0.15, 0.2) is 72.8 Å². The van der Waals surface area contributed by atoms with E-state index >= 15 is 0 Å². The lowest BCUT2D eigenvalue weighted by Gasteiger charge is -2.35. The predicted octanol–water partition coefficient (Wildman–Crippen LogP) is 4.67. The molecule has 5 rings (SSSR count). The van der Waals surface area contributed by atoms with Crippen LogP contribution in [-0.2, 0) is 4.74 Å². The quantitative estimate of drug-likeness (QED) is 0.445. The summed E-state index contributed by atoms with van der Waals surface area (Å²) >= 11 is 0. The first-order valence-electron chi connectivity index (χ1n) is 10.7. The Morgan fingerprint density at radius 3 is 2.00 bits per heavy atom. The molecule has 7 nitrogen and oxygen atoms in total. The van der Waals surface area contributed by atoms with Crippen LogP contribution in [0.2, 0.25) is 0 Å². The molecule has 1 saturated heterocycles. The normalized spacial score (nSPS) is 15.2. The molecular formula is C25H23N3O4. The van der Waals surface area contributed by atoms with Crippen LogP contribution in [0.5, 0.6) is 0 Å². The second kappa shape index (κ2) is 8.34. The van der Waals surface area contributed by atoms with Crippen LogP contribution in [-0.4, -0.2) is 48.7 Å². The van der Waals surface area contributed by atoms with Crippen molar-refractivity contribution < 1.29 is 14.5 Å². The van der Waals surface area contributed by atoms with Gasteiger partial charge in [0.25, 0.3) is 5.69 Å². The standard InChI is InChI=1S/C25H23N3O4/c29-25(27-15-13-26(14-16-27)18-9-11-19(12-10-18)28(30)31)32-17-24-22-7-3-1-5-20(22)21-6-2-4-8-23(21)24/h1-12,24H,13-17H2. The number of ether oxygens (including phenoxy) is 1. The molecule has 0 N–H and O–H groups in total. The van der Waals surface area contributed by atoms with Crippen LogP contribution in [0.4, 0.5) is 16.2 Å². The van der Waals surface area contributed by atoms with Gasteiger partial charge in [-0.25, -0.2) is 4.79 Å². The molecule has 2 aliphatic rings. The van der Waals surface area contributed by atoms with Crippen LogP contribution in [0.3, 0.4) is 0 Å². The van der Waals surface area contributed by atoms with Crippen LogP contribution in [0.1, 0.15) is 17.0 Å². The van der Waals surface area contributed by atoms with E-state index in [9.17, 15) is 14.9 Å². The number of nitrogens with zero attached hydrogens (tertiary/aromatic N) is 3. The van der Waals surface area contributed by atoms with Gasteiger partial charge in [0.1, 0.15) is 6.61 Å². The second-order valence-corrected chi connectivity index (χ2v) is 8.05. The average molecular weight is 429 g/mol. The highest BCUT2D eigenvalue weighted by atomic mass is 16.6. The number of rotatable bonds is 4. The summed E-state index contributed by atoms with van der Waals surface area (Å²) in [5.41, 5.74) is 5.81. The van der Waals surface area contributed by atoms with Crippen molar-refractivity contribution in [1.29, 1.82) is 0 Å². The SMILES string of the molecule is O=C(OCC1c2ccccc2-c2ccccc21)N1CCN(c2ccc([N+](=O)[O-])cc2)CC1. The van der Waals surface area contributed by atoms with Gasteiger partial charge in [0.05, 0.1) is 4.92 Å². The summed E-state index contributed by atoms with van der Waals surface area (Å²) in [5.74, 6) is 0.0488. The summed E-state index contributed by atoms with van der Waals surface area (Å²) in [6, 6.07) is 23.1. The number of anilines is 1. The first-order chi connectivity index (χ1) is 15.6. The van der Waals surface area contributed by atoms with Gasteiger partial charge >= 0.3 is 6.09 Å². The number of amides is 1. The van der Waals surface area contributed by atoms with Crippen molar-refractivity contribution in [3.8, 4) is 11.1 Å². The fraction of sp³-hybridized carbons (Fsp3) is 0.240. The van der Waals surface area contributed by atoms with E-state index in [1.165, 1.54) is 34.4 Å². The van der Waals surface area contributed by atoms with Gasteiger partial charge in [0, 0.05) is 49.9 Å². The van der Waals surface area contributed by atoms with Crippen molar-refractivity contribution in [2.45, 2.75) is 5.92 Å². The minimum absolute atomic E-state index is 0.0488. The molecule has 0 spiro atoms. The molecule has 1 aliphatic heterocycles. The number of non-ortho nitro benzene ring substituents is 1. The predicted molar refractivity (Wildman–Crippen MR) is 122 cm³/mol. The molecule has 0 atom stereocenters. The molecule has 7 heteroatoms. The molecule has 0 unspecified atom stereocenters. The van der Waals surface area contributed by atoms with E-state index in [2.05, 4.69) is 29.2 Å². The van der Waals surface area contributed by atoms with E-state index in [0.717, 1.165) is 5.69 Å². The zero-order valence-corrected chi connectivity index (χ0v) is 17.5. The smallest absolute Gasteiger partial charge is 0.409 e. The molecule has 162 valence electrons. The Labute approximate surface area is 186 Å². The molecule has 3 aromatic rings. The summed E-state index contributed by atoms with van der Waals surface area (Å²) in [6.07, 6.45) is -0.296. The first kappa shape index (κ1) is 20.1. The van der Waals surface area contributed by atoms with Gasteiger partial charge in [-0.1, -0.05) is 48.5 Å². The number of fused-ring (bicyclic) bond motifs is 3. The number of benzene rings is 3. The molecule has 1 heterocycles. The van der Waals surface area contributed by atoms with Crippen molar-refractivity contribution in [1.82, 2.24) is 4.90 Å². The zero-order chi connectivity index (χ0) is 22.1. The highest BCUT2D eigenvalue weighted by molar-refractivity contribution is 5.79. The van der Waals surface area contributed by atoms with Crippen LogP contribution < -0.4 is 4.90 Å². The maximum Gasteiger partial charge on any atom is 0.409 e. The summed E-state index contributed by atoms with van der Waals surface area (Å²) in [6.45, 7) is 2.72. The molecule has 1 amide bonds. The number of carbonyl (C=O) groups is 1. The highest BCUT2D eigenvalue weighted by Gasteiger charge is 2.30. The minimum atomic E-state index is -0.404. The van der Waals surface area contributed by atoms with Gasteiger partial charge < -0.3 is 14.5 Å². The molecule has 0 bridgehead atoms. The lowest BCUT2D eigenvalue weighted by Crippen LogP contribution is -2.49. The Kier molecular flexibility index (Phi) is 5.23.